The van der Waals surface area contributed by atoms with Crippen LogP contribution in [0.1, 0.15) is 36.8 Å². The fraction of sp³-hybridized carbons (Fsp3) is 0.310. The molecule has 2 N–H and O–H groups in total. The van der Waals surface area contributed by atoms with Crippen LogP contribution in [0.4, 0.5) is 5.69 Å². The number of aromatic nitrogens is 2. The first kappa shape index (κ1) is 22.9. The van der Waals surface area contributed by atoms with Crippen LogP contribution >= 0.6 is 0 Å². The largest absolute Gasteiger partial charge is 0.489 e. The third kappa shape index (κ3) is 5.64. The van der Waals surface area contributed by atoms with Gasteiger partial charge in [-0.25, -0.2) is 4.98 Å². The van der Waals surface area contributed by atoms with E-state index in [0.29, 0.717) is 24.6 Å². The lowest BCUT2D eigenvalue weighted by Gasteiger charge is -2.37. The van der Waals surface area contributed by atoms with Gasteiger partial charge in [-0.2, -0.15) is 5.26 Å². The summed E-state index contributed by atoms with van der Waals surface area (Å²) in [6, 6.07) is 25.8. The Balaban J connectivity index is 1.19. The Morgan fingerprint density at radius 3 is 2.86 bits per heavy atom. The summed E-state index contributed by atoms with van der Waals surface area (Å²) in [6.07, 6.45) is 5.41. The highest BCUT2D eigenvalue weighted by molar-refractivity contribution is 5.76. The predicted molar refractivity (Wildman–Crippen MR) is 137 cm³/mol. The summed E-state index contributed by atoms with van der Waals surface area (Å²) in [4.78, 5) is 4.48. The number of hydrogen-bond donors (Lipinski definition) is 2. The first-order chi connectivity index (χ1) is 17.1. The van der Waals surface area contributed by atoms with Gasteiger partial charge in [0.1, 0.15) is 12.4 Å². The zero-order chi connectivity index (χ0) is 24.1. The third-order valence-electron chi connectivity index (χ3n) is 6.83. The molecule has 0 saturated heterocycles. The number of aliphatic hydroxyl groups is 1. The minimum Gasteiger partial charge on any atom is -0.489 e. The zero-order valence-electron chi connectivity index (χ0n) is 19.7. The normalized spacial score (nSPS) is 19.8. The summed E-state index contributed by atoms with van der Waals surface area (Å²) in [7, 11) is 0. The SMILES string of the molecule is N#Cc1ccc2ncn(C[C@H]3CCC[C@@](O)(CNc4cccc(OCc5ccccc5)c4)C3)c2c1. The van der Waals surface area contributed by atoms with Gasteiger partial charge in [-0.05, 0) is 61.1 Å². The summed E-state index contributed by atoms with van der Waals surface area (Å²) in [6.45, 7) is 1.81. The van der Waals surface area contributed by atoms with Crippen molar-refractivity contribution in [2.45, 2.75) is 44.4 Å². The number of fused-ring (bicyclic) bond motifs is 1. The molecule has 0 aliphatic heterocycles. The maximum absolute atomic E-state index is 11.4. The molecular weight excluding hydrogens is 436 g/mol. The highest BCUT2D eigenvalue weighted by Gasteiger charge is 2.34. The van der Waals surface area contributed by atoms with Crippen LogP contribution in [0.15, 0.2) is 79.1 Å². The average molecular weight is 467 g/mol. The Kier molecular flexibility index (Phi) is 6.69. The summed E-state index contributed by atoms with van der Waals surface area (Å²) >= 11 is 0. The lowest BCUT2D eigenvalue weighted by Crippen LogP contribution is -2.42. The van der Waals surface area contributed by atoms with Crippen LogP contribution < -0.4 is 10.1 Å². The highest BCUT2D eigenvalue weighted by atomic mass is 16.5. The summed E-state index contributed by atoms with van der Waals surface area (Å²) in [5.41, 5.74) is 3.81. The van der Waals surface area contributed by atoms with Gasteiger partial charge in [-0.1, -0.05) is 42.8 Å². The fourth-order valence-electron chi connectivity index (χ4n) is 5.03. The molecule has 6 heteroatoms. The van der Waals surface area contributed by atoms with Crippen molar-refractivity contribution in [1.29, 1.82) is 5.26 Å². The van der Waals surface area contributed by atoms with E-state index in [2.05, 4.69) is 20.9 Å². The van der Waals surface area contributed by atoms with E-state index in [9.17, 15) is 10.4 Å². The molecule has 3 aromatic carbocycles. The molecule has 0 spiro atoms. The van der Waals surface area contributed by atoms with Crippen molar-refractivity contribution in [3.8, 4) is 11.8 Å². The van der Waals surface area contributed by atoms with E-state index in [4.69, 9.17) is 4.74 Å². The van der Waals surface area contributed by atoms with Crippen LogP contribution in [0.25, 0.3) is 11.0 Å². The number of rotatable bonds is 8. The molecule has 1 fully saturated rings. The van der Waals surface area contributed by atoms with Crippen molar-refractivity contribution in [3.05, 3.63) is 90.3 Å². The molecule has 178 valence electrons. The molecule has 5 rings (SSSR count). The van der Waals surface area contributed by atoms with Crippen molar-refractivity contribution in [3.63, 3.8) is 0 Å². The van der Waals surface area contributed by atoms with Gasteiger partial charge in [-0.15, -0.1) is 0 Å². The van der Waals surface area contributed by atoms with Crippen LogP contribution in [0.3, 0.4) is 0 Å². The minimum absolute atomic E-state index is 0.347. The second-order valence-corrected chi connectivity index (χ2v) is 9.55. The summed E-state index contributed by atoms with van der Waals surface area (Å²) in [5, 5.41) is 24.1. The van der Waals surface area contributed by atoms with E-state index < -0.39 is 5.60 Å². The maximum Gasteiger partial charge on any atom is 0.121 e. The molecule has 1 aliphatic rings. The van der Waals surface area contributed by atoms with E-state index in [1.165, 1.54) is 0 Å². The molecule has 2 atom stereocenters. The van der Waals surface area contributed by atoms with Crippen molar-refractivity contribution >= 4 is 16.7 Å². The van der Waals surface area contributed by atoms with Gasteiger partial charge in [0, 0.05) is 24.8 Å². The topological polar surface area (TPSA) is 83.1 Å². The first-order valence-electron chi connectivity index (χ1n) is 12.2. The van der Waals surface area contributed by atoms with E-state index in [-0.39, 0.29) is 0 Å². The van der Waals surface area contributed by atoms with Crippen molar-refractivity contribution < 1.29 is 9.84 Å². The van der Waals surface area contributed by atoms with E-state index in [1.54, 1.807) is 6.07 Å². The number of imidazole rings is 1. The minimum atomic E-state index is -0.766. The van der Waals surface area contributed by atoms with Gasteiger partial charge in [-0.3, -0.25) is 0 Å². The second kappa shape index (κ2) is 10.2. The molecule has 35 heavy (non-hydrogen) atoms. The van der Waals surface area contributed by atoms with Gasteiger partial charge in [0.05, 0.1) is 34.6 Å². The molecule has 0 amide bonds. The number of nitriles is 1. The monoisotopic (exact) mass is 466 g/mol. The molecule has 0 radical (unpaired) electrons. The Labute approximate surface area is 205 Å². The molecule has 1 aliphatic carbocycles. The molecular formula is C29H30N4O2. The molecule has 4 aromatic rings. The van der Waals surface area contributed by atoms with Crippen molar-refractivity contribution in [2.75, 3.05) is 11.9 Å². The number of benzene rings is 3. The Morgan fingerprint density at radius 1 is 1.11 bits per heavy atom. The van der Waals surface area contributed by atoms with Crippen LogP contribution in [-0.4, -0.2) is 26.8 Å². The molecule has 1 saturated carbocycles. The molecule has 0 bridgehead atoms. The Bertz CT molecular complexity index is 1330. The highest BCUT2D eigenvalue weighted by Crippen LogP contribution is 2.34. The third-order valence-corrected chi connectivity index (χ3v) is 6.83. The van der Waals surface area contributed by atoms with Crippen LogP contribution in [-0.2, 0) is 13.2 Å². The van der Waals surface area contributed by atoms with Gasteiger partial charge in [0.2, 0.25) is 0 Å². The second-order valence-electron chi connectivity index (χ2n) is 9.55. The Hall–Kier alpha value is -3.82. The number of hydrogen-bond acceptors (Lipinski definition) is 5. The first-order valence-corrected chi connectivity index (χ1v) is 12.2. The molecule has 1 heterocycles. The fourth-order valence-corrected chi connectivity index (χ4v) is 5.03. The number of nitrogens with one attached hydrogen (secondary N) is 1. The lowest BCUT2D eigenvalue weighted by atomic mass is 9.78. The van der Waals surface area contributed by atoms with Gasteiger partial charge in [0.15, 0.2) is 0 Å². The average Bonchev–Trinajstić information content (AvgIpc) is 3.29. The van der Waals surface area contributed by atoms with Gasteiger partial charge in [0.25, 0.3) is 0 Å². The predicted octanol–water partition coefficient (Wildman–Crippen LogP) is 5.52. The maximum atomic E-state index is 11.4. The van der Waals surface area contributed by atoms with Gasteiger partial charge >= 0.3 is 0 Å². The molecule has 6 nitrogen and oxygen atoms in total. The van der Waals surface area contributed by atoms with Crippen molar-refractivity contribution in [2.24, 2.45) is 5.92 Å². The number of ether oxygens (including phenoxy) is 1. The van der Waals surface area contributed by atoms with E-state index in [0.717, 1.165) is 60.3 Å². The molecule has 0 unspecified atom stereocenters. The van der Waals surface area contributed by atoms with Crippen LogP contribution in [0.2, 0.25) is 0 Å². The molecule has 1 aromatic heterocycles. The van der Waals surface area contributed by atoms with E-state index >= 15 is 0 Å². The van der Waals surface area contributed by atoms with Crippen molar-refractivity contribution in [1.82, 2.24) is 9.55 Å². The Morgan fingerprint density at radius 2 is 2.00 bits per heavy atom. The lowest BCUT2D eigenvalue weighted by molar-refractivity contribution is -0.00704. The quantitative estimate of drug-likeness (QED) is 0.357. The van der Waals surface area contributed by atoms with Gasteiger partial charge < -0.3 is 19.7 Å². The zero-order valence-corrected chi connectivity index (χ0v) is 19.7. The summed E-state index contributed by atoms with van der Waals surface area (Å²) < 4.78 is 8.06. The van der Waals surface area contributed by atoms with Crippen LogP contribution in [0.5, 0.6) is 5.75 Å². The standard InChI is InChI=1S/C29H30N4O2/c30-17-23-11-12-27-28(14-23)33(21-32-27)18-24-8-5-13-29(34,16-24)20-31-25-9-4-10-26(15-25)35-19-22-6-2-1-3-7-22/h1-4,6-7,9-12,14-15,21,24,31,34H,5,8,13,16,18-20H2/t24-,29-/m0/s1. The van der Waals surface area contributed by atoms with E-state index in [1.807, 2.05) is 73.1 Å². The van der Waals surface area contributed by atoms with Crippen LogP contribution in [0, 0.1) is 17.2 Å². The number of anilines is 1. The smallest absolute Gasteiger partial charge is 0.121 e. The summed E-state index contributed by atoms with van der Waals surface area (Å²) in [5.74, 6) is 1.15. The number of nitrogens with zero attached hydrogens (tertiary/aromatic N) is 3.